The van der Waals surface area contributed by atoms with Gasteiger partial charge in [0.05, 0.1) is 6.54 Å². The van der Waals surface area contributed by atoms with Gasteiger partial charge in [-0.1, -0.05) is 30.3 Å². The minimum absolute atomic E-state index is 0.0370. The molecule has 1 unspecified atom stereocenters. The van der Waals surface area contributed by atoms with Gasteiger partial charge in [0.15, 0.2) is 0 Å². The summed E-state index contributed by atoms with van der Waals surface area (Å²) in [5.41, 5.74) is 4.58. The summed E-state index contributed by atoms with van der Waals surface area (Å²) in [6.07, 6.45) is 0.0939. The van der Waals surface area contributed by atoms with Crippen molar-refractivity contribution in [2.75, 3.05) is 12.3 Å². The van der Waals surface area contributed by atoms with Crippen molar-refractivity contribution in [2.45, 2.75) is 52.3 Å². The van der Waals surface area contributed by atoms with Gasteiger partial charge < -0.3 is 24.6 Å². The molecule has 10 heteroatoms. The summed E-state index contributed by atoms with van der Waals surface area (Å²) in [7, 11) is 0. The molecule has 9 nitrogen and oxygen atoms in total. The zero-order chi connectivity index (χ0) is 29.0. The van der Waals surface area contributed by atoms with Gasteiger partial charge in [-0.05, 0) is 56.9 Å². The van der Waals surface area contributed by atoms with Gasteiger partial charge in [0, 0.05) is 39.8 Å². The molecule has 0 spiro atoms. The quantitative estimate of drug-likeness (QED) is 0.229. The molecule has 0 saturated carbocycles. The minimum atomic E-state index is -1.15. The Kier molecular flexibility index (Phi) is 8.99. The number of aryl methyl sites for hydroxylation is 4. The van der Waals surface area contributed by atoms with Gasteiger partial charge in [-0.25, -0.2) is 9.59 Å². The summed E-state index contributed by atoms with van der Waals surface area (Å²) in [5, 5.41) is 16.2. The van der Waals surface area contributed by atoms with E-state index in [9.17, 15) is 24.3 Å². The van der Waals surface area contributed by atoms with Crippen LogP contribution in [0.3, 0.4) is 0 Å². The molecule has 2 amide bonds. The van der Waals surface area contributed by atoms with E-state index in [0.717, 1.165) is 38.8 Å². The lowest BCUT2D eigenvalue weighted by Gasteiger charge is -2.15. The van der Waals surface area contributed by atoms with Crippen molar-refractivity contribution in [3.63, 3.8) is 0 Å². The summed E-state index contributed by atoms with van der Waals surface area (Å²) in [6.45, 7) is 7.18. The van der Waals surface area contributed by atoms with Crippen LogP contribution in [0, 0.1) is 27.7 Å². The first-order valence-corrected chi connectivity index (χ1v) is 14.1. The molecule has 2 aromatic heterocycles. The van der Waals surface area contributed by atoms with Crippen molar-refractivity contribution >= 4 is 51.5 Å². The molecule has 210 valence electrons. The van der Waals surface area contributed by atoms with E-state index in [4.69, 9.17) is 8.83 Å². The van der Waals surface area contributed by atoms with E-state index in [1.807, 2.05) is 64.1 Å². The van der Waals surface area contributed by atoms with Crippen LogP contribution in [-0.4, -0.2) is 41.2 Å². The predicted octanol–water partition coefficient (Wildman–Crippen LogP) is 4.32. The van der Waals surface area contributed by atoms with Gasteiger partial charge in [-0.3, -0.25) is 9.59 Å². The summed E-state index contributed by atoms with van der Waals surface area (Å²) >= 11 is 1.39. The van der Waals surface area contributed by atoms with E-state index in [2.05, 4.69) is 10.6 Å². The van der Waals surface area contributed by atoms with Gasteiger partial charge in [0.2, 0.25) is 11.8 Å². The smallest absolute Gasteiger partial charge is 0.339 e. The fourth-order valence-corrected chi connectivity index (χ4v) is 5.58. The molecule has 4 rings (SSSR count). The summed E-state index contributed by atoms with van der Waals surface area (Å²) < 4.78 is 11.5. The maximum absolute atomic E-state index is 12.8. The highest BCUT2D eigenvalue weighted by molar-refractivity contribution is 7.98. The Morgan fingerprint density at radius 2 is 1.60 bits per heavy atom. The number of rotatable bonds is 11. The van der Waals surface area contributed by atoms with Crippen LogP contribution >= 0.6 is 11.8 Å². The average molecular weight is 565 g/mol. The molecule has 3 N–H and O–H groups in total. The first kappa shape index (κ1) is 28.9. The number of carbonyl (C=O) groups excluding carboxylic acids is 2. The molecule has 0 aliphatic heterocycles. The zero-order valence-corrected chi connectivity index (χ0v) is 23.7. The fraction of sp³-hybridized carbons (Fsp3) is 0.333. The van der Waals surface area contributed by atoms with E-state index in [0.29, 0.717) is 22.5 Å². The predicted molar refractivity (Wildman–Crippen MR) is 155 cm³/mol. The number of nitrogens with one attached hydrogen (secondary N) is 2. The molecular weight excluding hydrogens is 532 g/mol. The molecule has 0 bridgehead atoms. The SMILES string of the molecule is Cc1oc2c(C)c3oc(=O)c(CCC(=O)NCC(=O)NC(CSCc4ccccc4)C(=O)O)c(C)c3cc2c1C. The molecule has 4 aromatic rings. The Morgan fingerprint density at radius 1 is 0.925 bits per heavy atom. The highest BCUT2D eigenvalue weighted by Crippen LogP contribution is 2.34. The average Bonchev–Trinajstić information content (AvgIpc) is 3.21. The van der Waals surface area contributed by atoms with Gasteiger partial charge in [0.1, 0.15) is 23.0 Å². The number of carbonyl (C=O) groups is 3. The molecule has 0 fully saturated rings. The largest absolute Gasteiger partial charge is 0.480 e. The molecule has 1 atom stereocenters. The number of carboxylic acid groups (broad SMARTS) is 1. The number of furan rings is 1. The van der Waals surface area contributed by atoms with Crippen LogP contribution in [0.4, 0.5) is 0 Å². The van der Waals surface area contributed by atoms with E-state index in [1.54, 1.807) is 0 Å². The number of benzene rings is 2. The van der Waals surface area contributed by atoms with Crippen molar-refractivity contribution in [1.82, 2.24) is 10.6 Å². The maximum atomic E-state index is 12.8. The van der Waals surface area contributed by atoms with Gasteiger partial charge in [-0.2, -0.15) is 11.8 Å². The molecule has 2 heterocycles. The van der Waals surface area contributed by atoms with Crippen molar-refractivity contribution in [2.24, 2.45) is 0 Å². The minimum Gasteiger partial charge on any atom is -0.480 e. The lowest BCUT2D eigenvalue weighted by molar-refractivity contribution is -0.141. The van der Waals surface area contributed by atoms with E-state index in [-0.39, 0.29) is 25.1 Å². The van der Waals surface area contributed by atoms with Crippen LogP contribution in [0.25, 0.3) is 21.9 Å². The number of aliphatic carboxylic acids is 1. The monoisotopic (exact) mass is 564 g/mol. The fourth-order valence-electron chi connectivity index (χ4n) is 4.58. The Morgan fingerprint density at radius 3 is 2.30 bits per heavy atom. The number of carboxylic acids is 1. The summed E-state index contributed by atoms with van der Waals surface area (Å²) in [5.74, 6) is -0.586. The molecule has 0 saturated heterocycles. The van der Waals surface area contributed by atoms with E-state index >= 15 is 0 Å². The number of fused-ring (bicyclic) bond motifs is 2. The number of hydrogen-bond donors (Lipinski definition) is 3. The number of hydrogen-bond acceptors (Lipinski definition) is 7. The Hall–Kier alpha value is -4.05. The second-order valence-electron chi connectivity index (χ2n) is 9.77. The number of amides is 2. The Balaban J connectivity index is 1.34. The standard InChI is InChI=1S/C30H32N2O7S/c1-16-19(4)38-27-18(3)28-23(12-22(16)27)17(2)21(30(37)39-28)10-11-25(33)31-13-26(34)32-24(29(35)36)15-40-14-20-8-6-5-7-9-20/h5-9,12,24H,10-11,13-15H2,1-4H3,(H,31,33)(H,32,34)(H,35,36). The second kappa shape index (κ2) is 12.4. The Bertz CT molecular complexity index is 1640. The van der Waals surface area contributed by atoms with Crippen LogP contribution in [0.15, 0.2) is 50.0 Å². The third-order valence-electron chi connectivity index (χ3n) is 7.02. The van der Waals surface area contributed by atoms with Crippen molar-refractivity contribution < 1.29 is 28.3 Å². The summed E-state index contributed by atoms with van der Waals surface area (Å²) in [6, 6.07) is 10.5. The molecular formula is C30H32N2O7S. The van der Waals surface area contributed by atoms with Crippen LogP contribution in [-0.2, 0) is 26.6 Å². The third-order valence-corrected chi connectivity index (χ3v) is 8.13. The highest BCUT2D eigenvalue weighted by atomic mass is 32.2. The third kappa shape index (κ3) is 6.39. The van der Waals surface area contributed by atoms with Crippen LogP contribution in [0.2, 0.25) is 0 Å². The highest BCUT2D eigenvalue weighted by Gasteiger charge is 2.21. The Labute approximate surface area is 235 Å². The summed E-state index contributed by atoms with van der Waals surface area (Å²) in [4.78, 5) is 49.2. The topological polar surface area (TPSA) is 139 Å². The molecule has 2 aromatic carbocycles. The van der Waals surface area contributed by atoms with Gasteiger partial charge in [-0.15, -0.1) is 0 Å². The molecule has 0 aliphatic carbocycles. The molecule has 0 radical (unpaired) electrons. The van der Waals surface area contributed by atoms with Crippen molar-refractivity contribution in [3.8, 4) is 0 Å². The molecule has 40 heavy (non-hydrogen) atoms. The van der Waals surface area contributed by atoms with E-state index in [1.165, 1.54) is 11.8 Å². The van der Waals surface area contributed by atoms with Crippen LogP contribution in [0.1, 0.15) is 40.0 Å². The van der Waals surface area contributed by atoms with Crippen molar-refractivity contribution in [1.29, 1.82) is 0 Å². The van der Waals surface area contributed by atoms with Gasteiger partial charge >= 0.3 is 11.6 Å². The maximum Gasteiger partial charge on any atom is 0.339 e. The molecule has 0 aliphatic rings. The van der Waals surface area contributed by atoms with E-state index < -0.39 is 29.5 Å². The first-order chi connectivity index (χ1) is 19.1. The van der Waals surface area contributed by atoms with Crippen LogP contribution in [0.5, 0.6) is 0 Å². The lowest BCUT2D eigenvalue weighted by atomic mass is 9.98. The first-order valence-electron chi connectivity index (χ1n) is 12.9. The van der Waals surface area contributed by atoms with Crippen LogP contribution < -0.4 is 16.3 Å². The lowest BCUT2D eigenvalue weighted by Crippen LogP contribution is -2.46. The normalized spacial score (nSPS) is 12.0. The number of thioether (sulfide) groups is 1. The zero-order valence-electron chi connectivity index (χ0n) is 22.9. The van der Waals surface area contributed by atoms with Crippen molar-refractivity contribution in [3.05, 3.63) is 80.4 Å². The second-order valence-corrected chi connectivity index (χ2v) is 10.8. The van der Waals surface area contributed by atoms with Gasteiger partial charge in [0.25, 0.3) is 0 Å².